The van der Waals surface area contributed by atoms with E-state index in [9.17, 15) is 0 Å². The van der Waals surface area contributed by atoms with E-state index in [4.69, 9.17) is 0 Å². The van der Waals surface area contributed by atoms with Gasteiger partial charge in [-0.3, -0.25) is 0 Å². The maximum absolute atomic E-state index is 2.38. The molecular formula is C32H24P2. The Morgan fingerprint density at radius 3 is 0.912 bits per heavy atom. The van der Waals surface area contributed by atoms with Gasteiger partial charge in [0.1, 0.15) is 0 Å². The second kappa shape index (κ2) is 8.18. The average molecular weight is 470 g/mol. The molecule has 0 atom stereocenters. The van der Waals surface area contributed by atoms with Crippen LogP contribution in [-0.2, 0) is 12.3 Å². The van der Waals surface area contributed by atoms with Gasteiger partial charge in [-0.2, -0.15) is 0 Å². The molecule has 0 saturated carbocycles. The second-order valence-electron chi connectivity index (χ2n) is 9.01. The lowest BCUT2D eigenvalue weighted by Gasteiger charge is -2.12. The van der Waals surface area contributed by atoms with Crippen LogP contribution in [0.4, 0.5) is 0 Å². The summed E-state index contributed by atoms with van der Waals surface area (Å²) in [5.41, 5.74) is 3.04. The van der Waals surface area contributed by atoms with E-state index in [1.54, 1.807) is 0 Å². The van der Waals surface area contributed by atoms with Crippen LogP contribution in [0.5, 0.6) is 0 Å². The fraction of sp³-hybridized carbons (Fsp3) is 0.0625. The van der Waals surface area contributed by atoms with Crippen LogP contribution in [0.1, 0.15) is 11.1 Å². The predicted molar refractivity (Wildman–Crippen MR) is 153 cm³/mol. The maximum atomic E-state index is 2.38. The van der Waals surface area contributed by atoms with Gasteiger partial charge in [0.15, 0.2) is 0 Å². The van der Waals surface area contributed by atoms with Crippen molar-refractivity contribution in [1.82, 2.24) is 0 Å². The molecule has 0 bridgehead atoms. The number of hydrogen-bond acceptors (Lipinski definition) is 0. The molecule has 0 spiro atoms. The van der Waals surface area contributed by atoms with Gasteiger partial charge in [0.2, 0.25) is 0 Å². The quantitative estimate of drug-likeness (QED) is 0.240. The summed E-state index contributed by atoms with van der Waals surface area (Å²) < 4.78 is 0. The first-order valence-electron chi connectivity index (χ1n) is 11.9. The van der Waals surface area contributed by atoms with Crippen molar-refractivity contribution in [3.05, 3.63) is 132 Å². The highest BCUT2D eigenvalue weighted by atomic mass is 31.1. The van der Waals surface area contributed by atoms with Crippen LogP contribution < -0.4 is 0 Å². The van der Waals surface area contributed by atoms with Crippen molar-refractivity contribution in [2.24, 2.45) is 0 Å². The minimum Gasteiger partial charge on any atom is -0.104 e. The molecule has 0 radical (unpaired) electrons. The number of fused-ring (bicyclic) bond motifs is 6. The van der Waals surface area contributed by atoms with E-state index in [1.165, 1.54) is 53.1 Å². The van der Waals surface area contributed by atoms with Gasteiger partial charge < -0.3 is 0 Å². The van der Waals surface area contributed by atoms with Gasteiger partial charge in [-0.15, -0.1) is 15.1 Å². The van der Waals surface area contributed by atoms with E-state index in [2.05, 4.69) is 121 Å². The molecule has 2 heteroatoms. The molecule has 0 unspecified atom stereocenters. The SMILES string of the molecule is c1ccc(Cp2c3ccccc3c3ccccc32)c(Cp2c3ccccc3c3ccccc32)c1. The molecule has 0 aliphatic carbocycles. The minimum atomic E-state index is -0.385. The molecular weight excluding hydrogens is 446 g/mol. The first-order valence-corrected chi connectivity index (χ1v) is 14.9. The Hall–Kier alpha value is -3.30. The Labute approximate surface area is 201 Å². The lowest BCUT2D eigenvalue weighted by Crippen LogP contribution is -1.89. The summed E-state index contributed by atoms with van der Waals surface area (Å²) in [7, 11) is -0.770. The minimum absolute atomic E-state index is 0.385. The van der Waals surface area contributed by atoms with Gasteiger partial charge in [0, 0.05) is 32.8 Å². The van der Waals surface area contributed by atoms with Crippen molar-refractivity contribution in [2.45, 2.75) is 12.3 Å². The first-order chi connectivity index (χ1) is 16.9. The number of hydrogen-bond donors (Lipinski definition) is 0. The summed E-state index contributed by atoms with van der Waals surface area (Å²) >= 11 is 0. The summed E-state index contributed by atoms with van der Waals surface area (Å²) in [4.78, 5) is 0. The zero-order chi connectivity index (χ0) is 22.5. The third-order valence-corrected chi connectivity index (χ3v) is 12.3. The van der Waals surface area contributed by atoms with Crippen molar-refractivity contribution in [3.8, 4) is 0 Å². The molecule has 0 saturated heterocycles. The molecule has 2 aromatic heterocycles. The fourth-order valence-corrected chi connectivity index (χ4v) is 11.1. The zero-order valence-electron chi connectivity index (χ0n) is 18.9. The van der Waals surface area contributed by atoms with Gasteiger partial charge in [-0.05, 0) is 32.7 Å². The Balaban J connectivity index is 1.38. The van der Waals surface area contributed by atoms with Crippen molar-refractivity contribution in [1.29, 1.82) is 0 Å². The van der Waals surface area contributed by atoms with Gasteiger partial charge >= 0.3 is 0 Å². The molecule has 5 aromatic carbocycles. The highest BCUT2D eigenvalue weighted by molar-refractivity contribution is 7.61. The van der Waals surface area contributed by atoms with Crippen molar-refractivity contribution in [3.63, 3.8) is 0 Å². The molecule has 34 heavy (non-hydrogen) atoms. The smallest absolute Gasteiger partial charge is 0.0125 e. The maximum Gasteiger partial charge on any atom is 0.0125 e. The van der Waals surface area contributed by atoms with E-state index < -0.39 is 0 Å². The molecule has 0 N–H and O–H groups in total. The molecule has 0 fully saturated rings. The fourth-order valence-electron chi connectivity index (χ4n) is 5.55. The largest absolute Gasteiger partial charge is 0.104 e. The molecule has 2 heterocycles. The molecule has 0 amide bonds. The number of rotatable bonds is 4. The van der Waals surface area contributed by atoms with E-state index >= 15 is 0 Å². The van der Waals surface area contributed by atoms with Gasteiger partial charge in [0.25, 0.3) is 0 Å². The van der Waals surface area contributed by atoms with Crippen molar-refractivity contribution < 1.29 is 0 Å². The molecule has 162 valence electrons. The van der Waals surface area contributed by atoms with E-state index in [1.807, 2.05) is 0 Å². The third-order valence-electron chi connectivity index (χ3n) is 7.14. The first kappa shape index (κ1) is 20.1. The van der Waals surface area contributed by atoms with E-state index in [-0.39, 0.29) is 15.1 Å². The molecule has 7 aromatic rings. The van der Waals surface area contributed by atoms with Crippen LogP contribution in [-0.4, -0.2) is 0 Å². The predicted octanol–water partition coefficient (Wildman–Crippen LogP) is 10.4. The standard InChI is InChI=1S/C32H24P2/c1-2-12-24(22-34-31-19-9-5-15-27(31)28-16-6-10-20-32(28)34)23(11-1)21-33-29-17-7-3-13-25(29)26-14-4-8-18-30(26)33/h1-20H,21-22H2. The Kier molecular flexibility index (Phi) is 4.83. The van der Waals surface area contributed by atoms with Gasteiger partial charge in [-0.1, -0.05) is 121 Å². The number of benzene rings is 5. The van der Waals surface area contributed by atoms with Crippen LogP contribution in [0.3, 0.4) is 0 Å². The highest BCUT2D eigenvalue weighted by Crippen LogP contribution is 2.53. The third kappa shape index (κ3) is 3.14. The van der Waals surface area contributed by atoms with Crippen LogP contribution in [0.25, 0.3) is 42.0 Å². The monoisotopic (exact) mass is 470 g/mol. The average Bonchev–Trinajstić information content (AvgIpc) is 3.39. The highest BCUT2D eigenvalue weighted by Gasteiger charge is 2.15. The second-order valence-corrected chi connectivity index (χ2v) is 13.3. The Morgan fingerprint density at radius 1 is 0.324 bits per heavy atom. The van der Waals surface area contributed by atoms with Crippen LogP contribution >= 0.6 is 15.1 Å². The summed E-state index contributed by atoms with van der Waals surface area (Å²) in [6.07, 6.45) is 2.23. The van der Waals surface area contributed by atoms with E-state index in [0.29, 0.717) is 0 Å². The lowest BCUT2D eigenvalue weighted by molar-refractivity contribution is 1.28. The summed E-state index contributed by atoms with van der Waals surface area (Å²) in [5, 5.41) is 11.9. The van der Waals surface area contributed by atoms with Crippen LogP contribution in [0, 0.1) is 0 Å². The van der Waals surface area contributed by atoms with Crippen molar-refractivity contribution in [2.75, 3.05) is 0 Å². The van der Waals surface area contributed by atoms with Crippen LogP contribution in [0.15, 0.2) is 121 Å². The summed E-state index contributed by atoms with van der Waals surface area (Å²) in [6.45, 7) is 0. The summed E-state index contributed by atoms with van der Waals surface area (Å²) in [5.74, 6) is 0. The van der Waals surface area contributed by atoms with Gasteiger partial charge in [0.05, 0.1) is 0 Å². The Morgan fingerprint density at radius 2 is 0.588 bits per heavy atom. The normalized spacial score (nSPS) is 11.8. The summed E-state index contributed by atoms with van der Waals surface area (Å²) in [6, 6.07) is 45.4. The topological polar surface area (TPSA) is 0 Å². The molecule has 7 rings (SSSR count). The Bertz CT molecular complexity index is 1570. The molecule has 0 aliphatic rings. The van der Waals surface area contributed by atoms with Crippen molar-refractivity contribution >= 4 is 57.1 Å². The molecule has 0 aliphatic heterocycles. The van der Waals surface area contributed by atoms with Gasteiger partial charge in [-0.25, -0.2) is 0 Å². The van der Waals surface area contributed by atoms with Crippen LogP contribution in [0.2, 0.25) is 0 Å². The lowest BCUT2D eigenvalue weighted by atomic mass is 10.1. The zero-order valence-corrected chi connectivity index (χ0v) is 20.6. The van der Waals surface area contributed by atoms with E-state index in [0.717, 1.165) is 12.3 Å². The molecule has 0 nitrogen and oxygen atoms in total.